The van der Waals surface area contributed by atoms with Gasteiger partial charge in [-0.05, 0) is 71.7 Å². The van der Waals surface area contributed by atoms with E-state index in [0.29, 0.717) is 18.5 Å². The van der Waals surface area contributed by atoms with E-state index >= 15 is 0 Å². The predicted octanol–water partition coefficient (Wildman–Crippen LogP) is 6.17. The van der Waals surface area contributed by atoms with E-state index in [1.807, 2.05) is 38.0 Å². The average molecular weight is 687 g/mol. The second-order valence-electron chi connectivity index (χ2n) is 13.1. The molecule has 2 fully saturated rings. The number of nitrogens with one attached hydrogen (secondary N) is 1. The van der Waals surface area contributed by atoms with Crippen LogP contribution in [0.3, 0.4) is 0 Å². The Balaban J connectivity index is 0.000000409. The summed E-state index contributed by atoms with van der Waals surface area (Å²) in [6.45, 7) is 12.5. The average Bonchev–Trinajstić information content (AvgIpc) is 3.94. The Kier molecular flexibility index (Phi) is 10.2. The molecular formula is C36H47ClN10O2. The lowest BCUT2D eigenvalue weighted by Gasteiger charge is -2.50. The molecule has 1 aliphatic heterocycles. The molecule has 0 radical (unpaired) electrons. The molecule has 0 amide bonds. The summed E-state index contributed by atoms with van der Waals surface area (Å²) in [7, 11) is 4.20. The number of nitrogens with zero attached hydrogens (tertiary/aromatic N) is 9. The largest absolute Gasteiger partial charge is 0.372 e. The number of halogens is 1. The van der Waals surface area contributed by atoms with Gasteiger partial charge in [-0.2, -0.15) is 20.0 Å². The summed E-state index contributed by atoms with van der Waals surface area (Å²) in [4.78, 5) is 12.2. The Morgan fingerprint density at radius 1 is 1.12 bits per heavy atom. The molecule has 1 spiro atoms. The number of benzene rings is 1. The number of H-pyrrole nitrogens is 1. The minimum absolute atomic E-state index is 0.0426. The summed E-state index contributed by atoms with van der Waals surface area (Å²) >= 11 is 7.22. The number of carbonyl (C=O) groups excluding carboxylic acids is 1. The van der Waals surface area contributed by atoms with Gasteiger partial charge in [0.1, 0.15) is 0 Å². The number of hydrogen-bond donors (Lipinski definition) is 1. The van der Waals surface area contributed by atoms with Crippen LogP contribution in [0, 0.1) is 6.92 Å². The van der Waals surface area contributed by atoms with Gasteiger partial charge in [-0.25, -0.2) is 0 Å². The standard InChI is InChI=1S/C31H38ClN7O.C3H3N3O.C2H6/c1-18-14-25-24(17-33-35-25)28(29(18)32)27-19(2)39(23-8-10-31(11-9-23)20(3)37(4)12-13-40-31)36-30(27)21-6-7-26-22(15-21)16-34-38(26)5;7-3-6-2-1-4-5-6;1-2/h6-7,14-17,20,23,28-29H,8-13H2,1-5H3,(H,33,35);1-3H;1-2H3. The van der Waals surface area contributed by atoms with Crippen LogP contribution < -0.4 is 0 Å². The maximum atomic E-state index is 9.73. The van der Waals surface area contributed by atoms with Gasteiger partial charge in [0.15, 0.2) is 0 Å². The molecule has 3 unspecified atom stereocenters. The van der Waals surface area contributed by atoms with Gasteiger partial charge in [-0.3, -0.25) is 24.2 Å². The Morgan fingerprint density at radius 3 is 2.59 bits per heavy atom. The summed E-state index contributed by atoms with van der Waals surface area (Å²) in [6.07, 6.45) is 13.7. The number of likely N-dealkylation sites (N-methyl/N-ethyl adjacent to an activating group) is 1. The van der Waals surface area contributed by atoms with Crippen LogP contribution in [0.25, 0.3) is 28.2 Å². The maximum Gasteiger partial charge on any atom is 0.235 e. The first kappa shape index (κ1) is 34.7. The van der Waals surface area contributed by atoms with Gasteiger partial charge < -0.3 is 4.74 Å². The van der Waals surface area contributed by atoms with Crippen LogP contribution in [-0.2, 0) is 16.6 Å². The van der Waals surface area contributed by atoms with E-state index in [2.05, 4.69) is 87.3 Å². The fraction of sp³-hybridized carbons (Fsp3) is 0.500. The highest BCUT2D eigenvalue weighted by Crippen LogP contribution is 2.48. The molecule has 12 nitrogen and oxygen atoms in total. The van der Waals surface area contributed by atoms with Gasteiger partial charge >= 0.3 is 0 Å². The number of morpholine rings is 1. The zero-order valence-corrected chi connectivity index (χ0v) is 30.2. The molecule has 1 saturated carbocycles. The summed E-state index contributed by atoms with van der Waals surface area (Å²) in [5, 5.41) is 25.1. The number of hydrogen-bond acceptors (Lipinski definition) is 8. The molecule has 5 aromatic rings. The molecular weight excluding hydrogens is 640 g/mol. The van der Waals surface area contributed by atoms with E-state index in [1.54, 1.807) is 0 Å². The highest BCUT2D eigenvalue weighted by atomic mass is 35.5. The van der Waals surface area contributed by atoms with Crippen molar-refractivity contribution >= 4 is 35.0 Å². The normalized spacial score (nSPS) is 25.2. The Hall–Kier alpha value is -4.13. The van der Waals surface area contributed by atoms with Crippen molar-refractivity contribution in [3.05, 3.63) is 71.1 Å². The van der Waals surface area contributed by atoms with Crippen molar-refractivity contribution in [2.24, 2.45) is 7.05 Å². The van der Waals surface area contributed by atoms with Crippen LogP contribution in [0.15, 0.2) is 48.6 Å². The molecule has 3 aliphatic rings. The number of fused-ring (bicyclic) bond motifs is 2. The third kappa shape index (κ3) is 6.37. The van der Waals surface area contributed by atoms with E-state index in [-0.39, 0.29) is 16.9 Å². The second-order valence-corrected chi connectivity index (χ2v) is 13.6. The first-order valence-electron chi connectivity index (χ1n) is 17.2. The van der Waals surface area contributed by atoms with Gasteiger partial charge in [-0.15, -0.1) is 16.7 Å². The number of aryl methyl sites for hydroxylation is 1. The summed E-state index contributed by atoms with van der Waals surface area (Å²) < 4.78 is 11.8. The molecule has 1 N–H and O–H groups in total. The highest BCUT2D eigenvalue weighted by molar-refractivity contribution is 6.24. The molecule has 4 aromatic heterocycles. The SMILES string of the molecule is CC.CC1=Cc2[nH]ncc2C(c2c(-c3ccc4c(cnn4C)c3)nn(C3CCC4(CC3)OCCN(C)C4C)c2C)C1Cl.O=Cn1ccnn1. The van der Waals surface area contributed by atoms with Crippen LogP contribution in [0.2, 0.25) is 0 Å². The first-order chi connectivity index (χ1) is 23.7. The van der Waals surface area contributed by atoms with Crippen LogP contribution >= 0.6 is 11.6 Å². The molecule has 260 valence electrons. The Morgan fingerprint density at radius 2 is 1.90 bits per heavy atom. The van der Waals surface area contributed by atoms with Crippen LogP contribution in [0.5, 0.6) is 0 Å². The molecule has 8 rings (SSSR count). The number of carbonyl (C=O) groups is 1. The van der Waals surface area contributed by atoms with Crippen molar-refractivity contribution in [2.75, 3.05) is 20.2 Å². The third-order valence-electron chi connectivity index (χ3n) is 10.6. The lowest BCUT2D eigenvalue weighted by molar-refractivity contribution is -0.157. The highest BCUT2D eigenvalue weighted by Gasteiger charge is 2.46. The lowest BCUT2D eigenvalue weighted by Crippen LogP contribution is -2.58. The molecule has 1 saturated heterocycles. The zero-order chi connectivity index (χ0) is 34.9. The van der Waals surface area contributed by atoms with Gasteiger partial charge in [0.2, 0.25) is 6.41 Å². The predicted molar refractivity (Wildman–Crippen MR) is 192 cm³/mol. The number of allylic oxidation sites excluding steroid dienone is 1. The van der Waals surface area contributed by atoms with Crippen LogP contribution in [0.4, 0.5) is 0 Å². The molecule has 3 atom stereocenters. The Bertz CT molecular complexity index is 1910. The van der Waals surface area contributed by atoms with Crippen molar-refractivity contribution in [1.82, 2.24) is 49.7 Å². The van der Waals surface area contributed by atoms with Gasteiger partial charge in [0.25, 0.3) is 0 Å². The Labute approximate surface area is 292 Å². The van der Waals surface area contributed by atoms with Crippen molar-refractivity contribution in [1.29, 1.82) is 0 Å². The van der Waals surface area contributed by atoms with Crippen molar-refractivity contribution in [3.63, 3.8) is 0 Å². The second kappa shape index (κ2) is 14.4. The number of alkyl halides is 1. The van der Waals surface area contributed by atoms with Crippen molar-refractivity contribution < 1.29 is 9.53 Å². The zero-order valence-electron chi connectivity index (χ0n) is 29.5. The van der Waals surface area contributed by atoms with Crippen molar-refractivity contribution in [2.45, 2.75) is 89.3 Å². The molecule has 2 aliphatic carbocycles. The first-order valence-corrected chi connectivity index (χ1v) is 17.7. The van der Waals surface area contributed by atoms with Crippen molar-refractivity contribution in [3.8, 4) is 11.3 Å². The van der Waals surface area contributed by atoms with Gasteiger partial charge in [0.05, 0.1) is 65.3 Å². The summed E-state index contributed by atoms with van der Waals surface area (Å²) in [6, 6.07) is 7.28. The minimum Gasteiger partial charge on any atom is -0.372 e. The minimum atomic E-state index is -0.177. The lowest BCUT2D eigenvalue weighted by atomic mass is 9.76. The van der Waals surface area contributed by atoms with E-state index in [1.165, 1.54) is 23.7 Å². The number of aromatic amines is 1. The molecule has 5 heterocycles. The molecule has 13 heteroatoms. The topological polar surface area (TPSA) is 125 Å². The van der Waals surface area contributed by atoms with Crippen LogP contribution in [-0.4, -0.2) is 93.3 Å². The third-order valence-corrected chi connectivity index (χ3v) is 11.2. The number of ether oxygens (including phenoxy) is 1. The molecule has 49 heavy (non-hydrogen) atoms. The maximum absolute atomic E-state index is 9.73. The van der Waals surface area contributed by atoms with Crippen LogP contribution in [0.1, 0.15) is 87.9 Å². The smallest absolute Gasteiger partial charge is 0.235 e. The van der Waals surface area contributed by atoms with E-state index in [4.69, 9.17) is 21.4 Å². The fourth-order valence-corrected chi connectivity index (χ4v) is 8.09. The number of rotatable bonds is 4. The van der Waals surface area contributed by atoms with Gasteiger partial charge in [-0.1, -0.05) is 30.7 Å². The quantitative estimate of drug-likeness (QED) is 0.176. The van der Waals surface area contributed by atoms with E-state index in [0.717, 1.165) is 82.5 Å². The fourth-order valence-electron chi connectivity index (χ4n) is 7.76. The monoisotopic (exact) mass is 686 g/mol. The molecule has 1 aromatic carbocycles. The van der Waals surface area contributed by atoms with E-state index in [9.17, 15) is 4.79 Å². The molecule has 0 bridgehead atoms. The number of aromatic nitrogens is 9. The van der Waals surface area contributed by atoms with Gasteiger partial charge in [0, 0.05) is 53.3 Å². The van der Waals surface area contributed by atoms with E-state index < -0.39 is 0 Å². The summed E-state index contributed by atoms with van der Waals surface area (Å²) in [5.41, 5.74) is 8.83. The summed E-state index contributed by atoms with van der Waals surface area (Å²) in [5.74, 6) is -0.0426.